The molecule has 1 atom stereocenters. The molecule has 1 fully saturated rings. The largest absolute Gasteiger partial charge is 0.381 e. The van der Waals surface area contributed by atoms with Crippen LogP contribution in [-0.4, -0.2) is 60.5 Å². The number of nitrogens with zero attached hydrogens (tertiary/aromatic N) is 6. The zero-order valence-corrected chi connectivity index (χ0v) is 21.4. The SMILES string of the molecule is O=S1CCc2nc(N3CCn4c(Cc5ccc(Cl)c(Cl)c5)nnc4C3)nc(NC3CCOCC3)c21. The lowest BCUT2D eigenvalue weighted by Crippen LogP contribution is -2.36. The number of aryl methyl sites for hydroxylation is 1. The van der Waals surface area contributed by atoms with Gasteiger partial charge in [-0.15, -0.1) is 10.2 Å². The van der Waals surface area contributed by atoms with Gasteiger partial charge in [-0.2, -0.15) is 4.98 Å². The smallest absolute Gasteiger partial charge is 0.228 e. The van der Waals surface area contributed by atoms with E-state index < -0.39 is 10.8 Å². The highest BCUT2D eigenvalue weighted by atomic mass is 35.5. The summed E-state index contributed by atoms with van der Waals surface area (Å²) in [6.07, 6.45) is 3.16. The first kappa shape index (κ1) is 23.1. The Morgan fingerprint density at radius 2 is 1.97 bits per heavy atom. The van der Waals surface area contributed by atoms with Gasteiger partial charge in [0.15, 0.2) is 5.82 Å². The number of hydrogen-bond acceptors (Lipinski definition) is 8. The molecule has 1 saturated heterocycles. The summed E-state index contributed by atoms with van der Waals surface area (Å²) < 4.78 is 20.3. The van der Waals surface area contributed by atoms with Crippen molar-refractivity contribution in [2.45, 2.75) is 49.7 Å². The summed E-state index contributed by atoms with van der Waals surface area (Å²) in [6, 6.07) is 5.90. The first-order valence-corrected chi connectivity index (χ1v) is 13.9. The standard InChI is InChI=1S/C23H25Cl2N7O2S/c24-16-2-1-14(11-17(16)25)12-19-29-30-20-13-31(6-7-32(19)20)23-27-18-5-10-35(33)21(18)22(28-23)26-15-3-8-34-9-4-15/h1-2,11,15H,3-10,12-13H2,(H,26,27,28). The second kappa shape index (κ2) is 9.65. The number of anilines is 2. The Hall–Kier alpha value is -2.27. The van der Waals surface area contributed by atoms with Crippen LogP contribution in [0.5, 0.6) is 0 Å². The second-order valence-corrected chi connectivity index (χ2v) is 11.3. The summed E-state index contributed by atoms with van der Waals surface area (Å²) in [7, 11) is -1.06. The van der Waals surface area contributed by atoms with Crippen LogP contribution in [-0.2, 0) is 41.5 Å². The maximum atomic E-state index is 12.7. The van der Waals surface area contributed by atoms with Crippen molar-refractivity contribution >= 4 is 45.8 Å². The summed E-state index contributed by atoms with van der Waals surface area (Å²) in [5.74, 6) is 3.73. The van der Waals surface area contributed by atoms with Gasteiger partial charge in [-0.1, -0.05) is 29.3 Å². The van der Waals surface area contributed by atoms with Crippen LogP contribution in [0.1, 0.15) is 35.7 Å². The quantitative estimate of drug-likeness (QED) is 0.533. The monoisotopic (exact) mass is 533 g/mol. The molecule has 0 radical (unpaired) electrons. The van der Waals surface area contributed by atoms with E-state index in [0.29, 0.717) is 47.0 Å². The van der Waals surface area contributed by atoms with Crippen molar-refractivity contribution < 1.29 is 8.95 Å². The Morgan fingerprint density at radius 3 is 2.80 bits per heavy atom. The summed E-state index contributed by atoms with van der Waals surface area (Å²) in [4.78, 5) is 12.6. The summed E-state index contributed by atoms with van der Waals surface area (Å²) in [6.45, 7) is 3.49. The van der Waals surface area contributed by atoms with Crippen LogP contribution in [0.15, 0.2) is 23.1 Å². The molecule has 0 amide bonds. The van der Waals surface area contributed by atoms with E-state index >= 15 is 0 Å². The summed E-state index contributed by atoms with van der Waals surface area (Å²) in [5, 5.41) is 13.5. The number of hydrogen-bond donors (Lipinski definition) is 1. The molecule has 12 heteroatoms. The zero-order valence-electron chi connectivity index (χ0n) is 19.0. The predicted molar refractivity (Wildman–Crippen MR) is 135 cm³/mol. The number of ether oxygens (including phenoxy) is 1. The van der Waals surface area contributed by atoms with Gasteiger partial charge in [0.1, 0.15) is 16.5 Å². The third kappa shape index (κ3) is 4.64. The molecule has 1 N–H and O–H groups in total. The van der Waals surface area contributed by atoms with Crippen LogP contribution in [0.4, 0.5) is 11.8 Å². The van der Waals surface area contributed by atoms with E-state index in [1.807, 2.05) is 12.1 Å². The fraction of sp³-hybridized carbons (Fsp3) is 0.478. The van der Waals surface area contributed by atoms with Crippen molar-refractivity contribution in [1.82, 2.24) is 24.7 Å². The summed E-state index contributed by atoms with van der Waals surface area (Å²) in [5.41, 5.74) is 1.92. The molecule has 1 unspecified atom stereocenters. The number of rotatable bonds is 5. The molecule has 35 heavy (non-hydrogen) atoms. The van der Waals surface area contributed by atoms with Gasteiger partial charge < -0.3 is 19.5 Å². The molecule has 0 saturated carbocycles. The second-order valence-electron chi connectivity index (χ2n) is 9.01. The molecule has 9 nitrogen and oxygen atoms in total. The van der Waals surface area contributed by atoms with E-state index in [2.05, 4.69) is 25.0 Å². The highest BCUT2D eigenvalue weighted by Crippen LogP contribution is 2.32. The van der Waals surface area contributed by atoms with E-state index in [-0.39, 0.29) is 6.04 Å². The van der Waals surface area contributed by atoms with Crippen molar-refractivity contribution in [1.29, 1.82) is 0 Å². The van der Waals surface area contributed by atoms with Gasteiger partial charge in [0.25, 0.3) is 0 Å². The van der Waals surface area contributed by atoms with Crippen LogP contribution in [0.25, 0.3) is 0 Å². The molecule has 2 aromatic heterocycles. The van der Waals surface area contributed by atoms with Gasteiger partial charge >= 0.3 is 0 Å². The van der Waals surface area contributed by atoms with Gasteiger partial charge in [0.2, 0.25) is 5.95 Å². The first-order valence-electron chi connectivity index (χ1n) is 11.8. The molecule has 3 aliphatic rings. The third-order valence-corrected chi connectivity index (χ3v) is 8.90. The predicted octanol–water partition coefficient (Wildman–Crippen LogP) is 3.24. The van der Waals surface area contributed by atoms with E-state index in [1.54, 1.807) is 6.07 Å². The highest BCUT2D eigenvalue weighted by molar-refractivity contribution is 7.85. The normalized spacial score (nSPS) is 20.1. The van der Waals surface area contributed by atoms with Crippen molar-refractivity contribution in [2.75, 3.05) is 35.7 Å². The number of benzene rings is 1. The molecule has 5 heterocycles. The molecule has 0 bridgehead atoms. The minimum absolute atomic E-state index is 0.265. The Bertz CT molecular complexity index is 1300. The first-order chi connectivity index (χ1) is 17.0. The highest BCUT2D eigenvalue weighted by Gasteiger charge is 2.30. The fourth-order valence-corrected chi connectivity index (χ4v) is 6.44. The lowest BCUT2D eigenvalue weighted by Gasteiger charge is -2.29. The topological polar surface area (TPSA) is 98.1 Å². The third-order valence-electron chi connectivity index (χ3n) is 6.70. The van der Waals surface area contributed by atoms with Gasteiger partial charge in [0.05, 0.1) is 33.1 Å². The molecule has 0 aliphatic carbocycles. The van der Waals surface area contributed by atoms with Gasteiger partial charge in [-0.25, -0.2) is 4.98 Å². The molecule has 1 aromatic carbocycles. The molecule has 3 aliphatic heterocycles. The molecular formula is C23H25Cl2N7O2S. The molecule has 0 spiro atoms. The van der Waals surface area contributed by atoms with Crippen molar-refractivity contribution in [3.8, 4) is 0 Å². The fourth-order valence-electron chi connectivity index (χ4n) is 4.81. The van der Waals surface area contributed by atoms with Crippen LogP contribution >= 0.6 is 23.2 Å². The van der Waals surface area contributed by atoms with Crippen LogP contribution in [0, 0.1) is 0 Å². The Kier molecular flexibility index (Phi) is 6.38. The van der Waals surface area contributed by atoms with Crippen LogP contribution in [0.3, 0.4) is 0 Å². The molecule has 184 valence electrons. The molecule has 3 aromatic rings. The summed E-state index contributed by atoms with van der Waals surface area (Å²) >= 11 is 12.2. The number of aromatic nitrogens is 5. The maximum Gasteiger partial charge on any atom is 0.228 e. The molecular weight excluding hydrogens is 509 g/mol. The lowest BCUT2D eigenvalue weighted by molar-refractivity contribution is 0.0903. The van der Waals surface area contributed by atoms with Crippen molar-refractivity contribution in [3.05, 3.63) is 51.2 Å². The lowest BCUT2D eigenvalue weighted by atomic mass is 10.1. The van der Waals surface area contributed by atoms with E-state index in [4.69, 9.17) is 37.9 Å². The zero-order chi connectivity index (χ0) is 23.9. The van der Waals surface area contributed by atoms with E-state index in [0.717, 1.165) is 66.9 Å². The molecule has 6 rings (SSSR count). The van der Waals surface area contributed by atoms with E-state index in [1.165, 1.54) is 0 Å². The average Bonchev–Trinajstić information content (AvgIpc) is 3.45. The van der Waals surface area contributed by atoms with Crippen LogP contribution in [0.2, 0.25) is 10.0 Å². The number of fused-ring (bicyclic) bond motifs is 2. The number of halogens is 2. The maximum absolute atomic E-state index is 12.7. The van der Waals surface area contributed by atoms with Crippen molar-refractivity contribution in [2.24, 2.45) is 0 Å². The van der Waals surface area contributed by atoms with E-state index in [9.17, 15) is 4.21 Å². The van der Waals surface area contributed by atoms with Gasteiger partial charge in [0, 0.05) is 50.9 Å². The van der Waals surface area contributed by atoms with Gasteiger partial charge in [-0.3, -0.25) is 4.21 Å². The van der Waals surface area contributed by atoms with Crippen molar-refractivity contribution in [3.63, 3.8) is 0 Å². The minimum atomic E-state index is -1.06. The average molecular weight is 534 g/mol. The Morgan fingerprint density at radius 1 is 1.11 bits per heavy atom. The Balaban J connectivity index is 1.24. The van der Waals surface area contributed by atoms with Crippen LogP contribution < -0.4 is 10.2 Å². The number of nitrogens with one attached hydrogen (secondary N) is 1. The van der Waals surface area contributed by atoms with Gasteiger partial charge in [-0.05, 0) is 30.5 Å². The Labute approximate surface area is 215 Å². The minimum Gasteiger partial charge on any atom is -0.381 e.